The number of halogens is 3. The first-order chi connectivity index (χ1) is 4.83. The van der Waals surface area contributed by atoms with Crippen LogP contribution in [0.3, 0.4) is 0 Å². The van der Waals surface area contributed by atoms with E-state index in [-0.39, 0.29) is 5.57 Å². The maximum atomic E-state index is 11.4. The van der Waals surface area contributed by atoms with E-state index in [0.717, 1.165) is 6.92 Å². The molecule has 0 aliphatic carbocycles. The van der Waals surface area contributed by atoms with Gasteiger partial charge in [0.2, 0.25) is 0 Å². The fourth-order valence-electron chi connectivity index (χ4n) is 0.356. The van der Waals surface area contributed by atoms with E-state index in [1.165, 1.54) is 0 Å². The molecule has 5 heteroatoms. The number of allylic oxidation sites excluding steroid dienone is 1. The largest absolute Gasteiger partial charge is 0.478 e. The molecule has 0 aromatic carbocycles. The number of carboxylic acid groups (broad SMARTS) is 1. The summed E-state index contributed by atoms with van der Waals surface area (Å²) in [6.07, 6.45) is -4.87. The minimum atomic E-state index is -4.32. The lowest BCUT2D eigenvalue weighted by molar-refractivity contribution is -0.132. The maximum Gasteiger partial charge on any atom is 0.392 e. The van der Waals surface area contributed by atoms with Crippen molar-refractivity contribution in [3.63, 3.8) is 0 Å². The molecule has 11 heavy (non-hydrogen) atoms. The molecular formula is C6H7F3O2. The molecule has 0 rings (SSSR count). The van der Waals surface area contributed by atoms with E-state index in [0.29, 0.717) is 6.08 Å². The van der Waals surface area contributed by atoms with Crippen molar-refractivity contribution in [1.29, 1.82) is 0 Å². The number of carbonyl (C=O) groups is 1. The summed E-state index contributed by atoms with van der Waals surface area (Å²) in [6, 6.07) is 0. The van der Waals surface area contributed by atoms with Crippen molar-refractivity contribution in [1.82, 2.24) is 0 Å². The summed E-state index contributed by atoms with van der Waals surface area (Å²) < 4.78 is 34.3. The number of hydrogen-bond donors (Lipinski definition) is 1. The normalized spacial score (nSPS) is 13.3. The number of hydrogen-bond acceptors (Lipinski definition) is 1. The van der Waals surface area contributed by atoms with Gasteiger partial charge in [0.05, 0.1) is 6.42 Å². The molecule has 0 spiro atoms. The van der Waals surface area contributed by atoms with Gasteiger partial charge in [-0.3, -0.25) is 0 Å². The van der Waals surface area contributed by atoms with Gasteiger partial charge in [-0.15, -0.1) is 0 Å². The standard InChI is InChI=1S/C6H7F3O2/c1-4(5(10)11)2-3-6(7,8)9/h2H,3H2,1H3,(H,10,11). The Balaban J connectivity index is 4.04. The lowest BCUT2D eigenvalue weighted by Crippen LogP contribution is -2.06. The van der Waals surface area contributed by atoms with Crippen LogP contribution >= 0.6 is 0 Å². The number of carboxylic acids is 1. The zero-order chi connectivity index (χ0) is 9.07. The average molecular weight is 168 g/mol. The van der Waals surface area contributed by atoms with Crippen molar-refractivity contribution in [3.05, 3.63) is 11.6 Å². The minimum absolute atomic E-state index is 0.290. The highest BCUT2D eigenvalue weighted by Crippen LogP contribution is 2.20. The van der Waals surface area contributed by atoms with E-state index in [9.17, 15) is 18.0 Å². The predicted molar refractivity (Wildman–Crippen MR) is 32.1 cm³/mol. The van der Waals surface area contributed by atoms with Gasteiger partial charge in [0.25, 0.3) is 0 Å². The summed E-state index contributed by atoms with van der Waals surface area (Å²) >= 11 is 0. The molecule has 64 valence electrons. The van der Waals surface area contributed by atoms with Gasteiger partial charge in [0.1, 0.15) is 0 Å². The van der Waals surface area contributed by atoms with Crippen molar-refractivity contribution in [2.75, 3.05) is 0 Å². The molecule has 0 saturated carbocycles. The van der Waals surface area contributed by atoms with Crippen LogP contribution < -0.4 is 0 Å². The van der Waals surface area contributed by atoms with Crippen LogP contribution in [0.25, 0.3) is 0 Å². The fraction of sp³-hybridized carbons (Fsp3) is 0.500. The fourth-order valence-corrected chi connectivity index (χ4v) is 0.356. The Hall–Kier alpha value is -1.00. The van der Waals surface area contributed by atoms with E-state index < -0.39 is 18.6 Å². The first-order valence-electron chi connectivity index (χ1n) is 2.80. The van der Waals surface area contributed by atoms with Gasteiger partial charge < -0.3 is 5.11 Å². The third-order valence-electron chi connectivity index (χ3n) is 0.977. The third kappa shape index (κ3) is 5.44. The second-order valence-corrected chi connectivity index (χ2v) is 2.01. The molecule has 0 aliphatic heterocycles. The first kappa shape index (κ1) is 10.0. The Morgan fingerprint density at radius 3 is 2.27 bits per heavy atom. The Morgan fingerprint density at radius 1 is 1.55 bits per heavy atom. The average Bonchev–Trinajstić information content (AvgIpc) is 1.80. The van der Waals surface area contributed by atoms with Gasteiger partial charge in [-0.2, -0.15) is 13.2 Å². The van der Waals surface area contributed by atoms with Crippen molar-refractivity contribution >= 4 is 5.97 Å². The Labute approximate surface area is 61.3 Å². The second kappa shape index (κ2) is 3.41. The molecule has 0 saturated heterocycles. The molecule has 0 amide bonds. The lowest BCUT2D eigenvalue weighted by atomic mass is 10.2. The molecule has 1 N–H and O–H groups in total. The molecule has 0 fully saturated rings. The lowest BCUT2D eigenvalue weighted by Gasteiger charge is -2.00. The number of rotatable bonds is 2. The summed E-state index contributed by atoms with van der Waals surface area (Å²) in [5.41, 5.74) is -0.290. The molecular weight excluding hydrogens is 161 g/mol. The number of aliphatic carboxylic acids is 1. The molecule has 0 unspecified atom stereocenters. The van der Waals surface area contributed by atoms with Crippen molar-refractivity contribution < 1.29 is 23.1 Å². The zero-order valence-corrected chi connectivity index (χ0v) is 5.77. The van der Waals surface area contributed by atoms with Crippen LogP contribution in [-0.2, 0) is 4.79 Å². The quantitative estimate of drug-likeness (QED) is 0.640. The van der Waals surface area contributed by atoms with Gasteiger partial charge in [-0.25, -0.2) is 4.79 Å². The molecule has 0 aromatic heterocycles. The van der Waals surface area contributed by atoms with E-state index in [4.69, 9.17) is 5.11 Å². The Bertz CT molecular complexity index is 181. The second-order valence-electron chi connectivity index (χ2n) is 2.01. The van der Waals surface area contributed by atoms with E-state index in [1.54, 1.807) is 0 Å². The van der Waals surface area contributed by atoms with Crippen LogP contribution in [0.1, 0.15) is 13.3 Å². The van der Waals surface area contributed by atoms with Crippen LogP contribution in [0.2, 0.25) is 0 Å². The van der Waals surface area contributed by atoms with Gasteiger partial charge in [-0.1, -0.05) is 6.08 Å². The summed E-state index contributed by atoms with van der Waals surface area (Å²) in [4.78, 5) is 9.98. The molecule has 0 atom stereocenters. The number of alkyl halides is 3. The van der Waals surface area contributed by atoms with Crippen LogP contribution in [0.5, 0.6) is 0 Å². The molecule has 0 heterocycles. The highest BCUT2D eigenvalue weighted by Gasteiger charge is 2.25. The van der Waals surface area contributed by atoms with E-state index in [1.807, 2.05) is 0 Å². The van der Waals surface area contributed by atoms with Crippen LogP contribution in [0.4, 0.5) is 13.2 Å². The molecule has 0 aliphatic rings. The van der Waals surface area contributed by atoms with Crippen molar-refractivity contribution in [3.8, 4) is 0 Å². The maximum absolute atomic E-state index is 11.4. The molecule has 0 radical (unpaired) electrons. The Kier molecular flexibility index (Phi) is 3.10. The molecule has 0 bridgehead atoms. The molecule has 2 nitrogen and oxygen atoms in total. The van der Waals surface area contributed by atoms with Crippen molar-refractivity contribution in [2.24, 2.45) is 0 Å². The summed E-state index contributed by atoms with van der Waals surface area (Å²) in [7, 11) is 0. The van der Waals surface area contributed by atoms with E-state index >= 15 is 0 Å². The SMILES string of the molecule is CC(=CCC(F)(F)F)C(=O)O. The van der Waals surface area contributed by atoms with Gasteiger partial charge in [-0.05, 0) is 6.92 Å². The third-order valence-corrected chi connectivity index (χ3v) is 0.977. The monoisotopic (exact) mass is 168 g/mol. The predicted octanol–water partition coefficient (Wildman–Crippen LogP) is 1.97. The minimum Gasteiger partial charge on any atom is -0.478 e. The summed E-state index contributed by atoms with van der Waals surface area (Å²) in [6.45, 7) is 1.12. The van der Waals surface area contributed by atoms with Gasteiger partial charge in [0, 0.05) is 5.57 Å². The summed E-state index contributed by atoms with van der Waals surface area (Å²) in [5.74, 6) is -1.32. The van der Waals surface area contributed by atoms with Gasteiger partial charge in [0.15, 0.2) is 0 Å². The Morgan fingerprint density at radius 2 is 2.00 bits per heavy atom. The van der Waals surface area contributed by atoms with Gasteiger partial charge >= 0.3 is 12.1 Å². The zero-order valence-electron chi connectivity index (χ0n) is 5.77. The first-order valence-corrected chi connectivity index (χ1v) is 2.80. The topological polar surface area (TPSA) is 37.3 Å². The highest BCUT2D eigenvalue weighted by atomic mass is 19.4. The summed E-state index contributed by atoms with van der Waals surface area (Å²) in [5, 5.41) is 8.14. The van der Waals surface area contributed by atoms with Crippen LogP contribution in [0.15, 0.2) is 11.6 Å². The van der Waals surface area contributed by atoms with Crippen LogP contribution in [-0.4, -0.2) is 17.3 Å². The molecule has 0 aromatic rings. The van der Waals surface area contributed by atoms with Crippen LogP contribution in [0, 0.1) is 0 Å². The van der Waals surface area contributed by atoms with E-state index in [2.05, 4.69) is 0 Å². The highest BCUT2D eigenvalue weighted by molar-refractivity contribution is 5.85. The smallest absolute Gasteiger partial charge is 0.392 e. The van der Waals surface area contributed by atoms with Crippen molar-refractivity contribution in [2.45, 2.75) is 19.5 Å².